The fourth-order valence-corrected chi connectivity index (χ4v) is 1.83. The number of hydrogen-bond donors (Lipinski definition) is 1. The van der Waals surface area contributed by atoms with Crippen LogP contribution in [-0.4, -0.2) is 16.7 Å². The van der Waals surface area contributed by atoms with Gasteiger partial charge in [-0.05, 0) is 38.1 Å². The van der Waals surface area contributed by atoms with E-state index in [2.05, 4.69) is 22.4 Å². The fourth-order valence-electron chi connectivity index (χ4n) is 1.65. The summed E-state index contributed by atoms with van der Waals surface area (Å²) in [5.74, 6) is 1.70. The number of aromatic nitrogens is 2. The Morgan fingerprint density at radius 2 is 2.25 bits per heavy atom. The number of nitrogens with one attached hydrogen (secondary N) is 1. The second kappa shape index (κ2) is 7.26. The average molecular weight is 296 g/mol. The lowest BCUT2D eigenvalue weighted by molar-refractivity contribution is 0.255. The van der Waals surface area contributed by atoms with E-state index in [1.54, 1.807) is 12.1 Å². The van der Waals surface area contributed by atoms with Crippen LogP contribution in [0.4, 0.5) is 0 Å². The summed E-state index contributed by atoms with van der Waals surface area (Å²) in [6.45, 7) is 5.24. The van der Waals surface area contributed by atoms with Crippen molar-refractivity contribution in [3.63, 3.8) is 0 Å². The lowest BCUT2D eigenvalue weighted by Gasteiger charge is -2.07. The molecule has 0 aliphatic heterocycles. The van der Waals surface area contributed by atoms with Gasteiger partial charge in [0.05, 0.1) is 6.04 Å². The van der Waals surface area contributed by atoms with Crippen molar-refractivity contribution in [1.82, 2.24) is 15.5 Å². The molecule has 6 heteroatoms. The first-order chi connectivity index (χ1) is 9.69. The highest BCUT2D eigenvalue weighted by molar-refractivity contribution is 6.30. The highest BCUT2D eigenvalue weighted by Gasteiger charge is 2.13. The summed E-state index contributed by atoms with van der Waals surface area (Å²) in [5.41, 5.74) is 0. The molecule has 0 spiro atoms. The minimum absolute atomic E-state index is 0.0439. The van der Waals surface area contributed by atoms with Crippen molar-refractivity contribution in [2.24, 2.45) is 0 Å². The van der Waals surface area contributed by atoms with E-state index in [-0.39, 0.29) is 12.6 Å². The summed E-state index contributed by atoms with van der Waals surface area (Å²) in [7, 11) is 0. The smallest absolute Gasteiger partial charge is 0.253 e. The van der Waals surface area contributed by atoms with E-state index >= 15 is 0 Å². The van der Waals surface area contributed by atoms with Gasteiger partial charge in [-0.1, -0.05) is 24.6 Å². The van der Waals surface area contributed by atoms with Gasteiger partial charge in [-0.2, -0.15) is 0 Å². The largest absolute Gasteiger partial charge is 0.484 e. The Morgan fingerprint density at radius 3 is 3.00 bits per heavy atom. The van der Waals surface area contributed by atoms with Crippen LogP contribution in [0.3, 0.4) is 0 Å². The SMILES string of the molecule is CCCNC(C)c1nnc(COc2cccc(Cl)c2)o1. The van der Waals surface area contributed by atoms with Crippen molar-refractivity contribution < 1.29 is 9.15 Å². The lowest BCUT2D eigenvalue weighted by Crippen LogP contribution is -2.19. The quantitative estimate of drug-likeness (QED) is 0.848. The molecule has 108 valence electrons. The first-order valence-corrected chi connectivity index (χ1v) is 7.01. The lowest BCUT2D eigenvalue weighted by atomic mass is 10.3. The second-order valence-electron chi connectivity index (χ2n) is 4.46. The van der Waals surface area contributed by atoms with Gasteiger partial charge in [0.2, 0.25) is 5.89 Å². The summed E-state index contributed by atoms with van der Waals surface area (Å²) in [4.78, 5) is 0. The Hall–Kier alpha value is -1.59. The van der Waals surface area contributed by atoms with Gasteiger partial charge in [0.15, 0.2) is 6.61 Å². The Bertz CT molecular complexity index is 545. The normalized spacial score (nSPS) is 12.3. The molecular formula is C14H18ClN3O2. The van der Waals surface area contributed by atoms with Gasteiger partial charge >= 0.3 is 0 Å². The van der Waals surface area contributed by atoms with Crippen molar-refractivity contribution >= 4 is 11.6 Å². The van der Waals surface area contributed by atoms with Gasteiger partial charge in [0.1, 0.15) is 5.75 Å². The van der Waals surface area contributed by atoms with Crippen LogP contribution in [0.5, 0.6) is 5.75 Å². The minimum Gasteiger partial charge on any atom is -0.484 e. The standard InChI is InChI=1S/C14H18ClN3O2/c1-3-7-16-10(2)14-18-17-13(20-14)9-19-12-6-4-5-11(15)8-12/h4-6,8,10,16H,3,7,9H2,1-2H3. The summed E-state index contributed by atoms with van der Waals surface area (Å²) in [5, 5.41) is 11.9. The van der Waals surface area contributed by atoms with Crippen LogP contribution < -0.4 is 10.1 Å². The Morgan fingerprint density at radius 1 is 1.40 bits per heavy atom. The third-order valence-electron chi connectivity index (χ3n) is 2.71. The maximum Gasteiger partial charge on any atom is 0.253 e. The number of ether oxygens (including phenoxy) is 1. The van der Waals surface area contributed by atoms with Crippen LogP contribution >= 0.6 is 11.6 Å². The van der Waals surface area contributed by atoms with Crippen molar-refractivity contribution in [2.45, 2.75) is 32.9 Å². The molecule has 0 aliphatic carbocycles. The molecule has 0 saturated heterocycles. The monoisotopic (exact) mass is 295 g/mol. The summed E-state index contributed by atoms with van der Waals surface area (Å²) in [6.07, 6.45) is 1.06. The average Bonchev–Trinajstić information content (AvgIpc) is 2.91. The molecule has 1 N–H and O–H groups in total. The zero-order valence-corrected chi connectivity index (χ0v) is 12.4. The van der Waals surface area contributed by atoms with Crippen molar-refractivity contribution in [3.8, 4) is 5.75 Å². The minimum atomic E-state index is 0.0439. The number of hydrogen-bond acceptors (Lipinski definition) is 5. The summed E-state index contributed by atoms with van der Waals surface area (Å²) in [6, 6.07) is 7.23. The van der Waals surface area contributed by atoms with Gasteiger partial charge in [-0.25, -0.2) is 0 Å². The Balaban J connectivity index is 1.89. The van der Waals surface area contributed by atoms with Crippen LogP contribution in [0, 0.1) is 0 Å². The molecule has 0 bridgehead atoms. The van der Waals surface area contributed by atoms with E-state index < -0.39 is 0 Å². The van der Waals surface area contributed by atoms with Crippen molar-refractivity contribution in [3.05, 3.63) is 41.1 Å². The topological polar surface area (TPSA) is 60.2 Å². The molecule has 1 heterocycles. The Kier molecular flexibility index (Phi) is 5.38. The van der Waals surface area contributed by atoms with Crippen molar-refractivity contribution in [2.75, 3.05) is 6.54 Å². The molecule has 1 unspecified atom stereocenters. The first kappa shape index (κ1) is 14.8. The predicted molar refractivity (Wildman–Crippen MR) is 76.8 cm³/mol. The third-order valence-corrected chi connectivity index (χ3v) is 2.95. The Labute approximate surface area is 123 Å². The number of halogens is 1. The van der Waals surface area contributed by atoms with E-state index in [1.165, 1.54) is 0 Å². The summed E-state index contributed by atoms with van der Waals surface area (Å²) >= 11 is 5.88. The van der Waals surface area contributed by atoms with Crippen molar-refractivity contribution in [1.29, 1.82) is 0 Å². The molecule has 0 saturated carbocycles. The zero-order valence-electron chi connectivity index (χ0n) is 11.6. The molecule has 0 aliphatic rings. The molecule has 0 amide bonds. The van der Waals surface area contributed by atoms with Gasteiger partial charge in [0.25, 0.3) is 5.89 Å². The molecule has 1 atom stereocenters. The van der Waals surface area contributed by atoms with E-state index in [4.69, 9.17) is 20.8 Å². The van der Waals surface area contributed by atoms with Gasteiger partial charge in [-0.3, -0.25) is 0 Å². The summed E-state index contributed by atoms with van der Waals surface area (Å²) < 4.78 is 11.1. The van der Waals surface area contributed by atoms with Gasteiger partial charge in [-0.15, -0.1) is 10.2 Å². The molecule has 0 radical (unpaired) electrons. The molecule has 1 aromatic carbocycles. The zero-order chi connectivity index (χ0) is 14.4. The second-order valence-corrected chi connectivity index (χ2v) is 4.89. The number of nitrogens with zero attached hydrogens (tertiary/aromatic N) is 2. The highest BCUT2D eigenvalue weighted by atomic mass is 35.5. The molecule has 20 heavy (non-hydrogen) atoms. The fraction of sp³-hybridized carbons (Fsp3) is 0.429. The molecule has 1 aromatic heterocycles. The molecule has 5 nitrogen and oxygen atoms in total. The van der Waals surface area contributed by atoms with Crippen LogP contribution in [-0.2, 0) is 6.61 Å². The van der Waals surface area contributed by atoms with Crippen LogP contribution in [0.2, 0.25) is 5.02 Å². The molecule has 2 aromatic rings. The number of benzene rings is 1. The molecule has 2 rings (SSSR count). The van der Waals surface area contributed by atoms with E-state index in [0.717, 1.165) is 13.0 Å². The molecular weight excluding hydrogens is 278 g/mol. The van der Waals surface area contributed by atoms with Gasteiger partial charge in [0, 0.05) is 5.02 Å². The third kappa shape index (κ3) is 4.21. The molecule has 0 fully saturated rings. The number of rotatable bonds is 7. The van der Waals surface area contributed by atoms with Crippen LogP contribution in [0.15, 0.2) is 28.7 Å². The first-order valence-electron chi connectivity index (χ1n) is 6.63. The maximum absolute atomic E-state index is 5.88. The highest BCUT2D eigenvalue weighted by Crippen LogP contribution is 2.18. The maximum atomic E-state index is 5.88. The van der Waals surface area contributed by atoms with Crippen LogP contribution in [0.25, 0.3) is 0 Å². The van der Waals surface area contributed by atoms with E-state index in [9.17, 15) is 0 Å². The predicted octanol–water partition coefficient (Wildman–Crippen LogP) is 3.36. The van der Waals surface area contributed by atoms with E-state index in [1.807, 2.05) is 19.1 Å². The van der Waals surface area contributed by atoms with Crippen LogP contribution in [0.1, 0.15) is 38.1 Å². The van der Waals surface area contributed by atoms with E-state index in [0.29, 0.717) is 22.6 Å². The van der Waals surface area contributed by atoms with Gasteiger partial charge < -0.3 is 14.5 Å².